The molecule has 1 aromatic carbocycles. The molecule has 0 amide bonds. The highest BCUT2D eigenvalue weighted by molar-refractivity contribution is 6.31. The zero-order chi connectivity index (χ0) is 13.2. The Kier molecular flexibility index (Phi) is 3.29. The highest BCUT2D eigenvalue weighted by atomic mass is 35.5. The maximum absolute atomic E-state index is 6.32. The van der Waals surface area contributed by atoms with Gasteiger partial charge in [-0.25, -0.2) is 0 Å². The van der Waals surface area contributed by atoms with Crippen molar-refractivity contribution in [2.75, 3.05) is 13.2 Å². The molecule has 0 aliphatic carbocycles. The van der Waals surface area contributed by atoms with Crippen LogP contribution in [0.5, 0.6) is 11.5 Å². The number of H-pyrrole nitrogens is 1. The highest BCUT2D eigenvalue weighted by Crippen LogP contribution is 2.38. The SMILES string of the molecule is CC(Cc1cn[nH]n1)c1cc2c(cc1Cl)OCCO2. The summed E-state index contributed by atoms with van der Waals surface area (Å²) in [7, 11) is 0. The van der Waals surface area contributed by atoms with Crippen molar-refractivity contribution < 1.29 is 9.47 Å². The minimum absolute atomic E-state index is 0.230. The van der Waals surface area contributed by atoms with E-state index >= 15 is 0 Å². The summed E-state index contributed by atoms with van der Waals surface area (Å²) in [6.45, 7) is 3.24. The summed E-state index contributed by atoms with van der Waals surface area (Å²) in [4.78, 5) is 0. The number of aromatic nitrogens is 3. The normalized spacial score (nSPS) is 15.3. The molecular formula is C13H14ClN3O2. The molecule has 3 rings (SSSR count). The molecule has 0 spiro atoms. The van der Waals surface area contributed by atoms with E-state index in [1.54, 1.807) is 6.20 Å². The van der Waals surface area contributed by atoms with Crippen molar-refractivity contribution in [2.45, 2.75) is 19.3 Å². The fraction of sp³-hybridized carbons (Fsp3) is 0.385. The van der Waals surface area contributed by atoms with E-state index in [0.29, 0.717) is 24.0 Å². The Labute approximate surface area is 115 Å². The van der Waals surface area contributed by atoms with Crippen LogP contribution in [0.4, 0.5) is 0 Å². The van der Waals surface area contributed by atoms with E-state index in [1.807, 2.05) is 12.1 Å². The standard InChI is InChI=1S/C13H14ClN3O2/c1-8(4-9-7-15-17-16-9)10-5-12-13(6-11(10)14)19-3-2-18-12/h5-8H,2-4H2,1H3,(H,15,16,17). The summed E-state index contributed by atoms with van der Waals surface area (Å²) in [5.74, 6) is 1.71. The third-order valence-corrected chi connectivity index (χ3v) is 3.50. The summed E-state index contributed by atoms with van der Waals surface area (Å²) in [5.41, 5.74) is 1.95. The van der Waals surface area contributed by atoms with Crippen LogP contribution < -0.4 is 9.47 Å². The largest absolute Gasteiger partial charge is 0.486 e. The van der Waals surface area contributed by atoms with E-state index in [9.17, 15) is 0 Å². The Hall–Kier alpha value is -1.75. The van der Waals surface area contributed by atoms with E-state index in [1.165, 1.54) is 0 Å². The maximum atomic E-state index is 6.32. The number of nitrogens with zero attached hydrogens (tertiary/aromatic N) is 2. The molecule has 1 unspecified atom stereocenters. The van der Waals surface area contributed by atoms with Crippen molar-refractivity contribution >= 4 is 11.6 Å². The van der Waals surface area contributed by atoms with Crippen LogP contribution in [0.1, 0.15) is 24.1 Å². The fourth-order valence-corrected chi connectivity index (χ4v) is 2.54. The molecule has 6 heteroatoms. The first-order chi connectivity index (χ1) is 9.24. The van der Waals surface area contributed by atoms with Crippen LogP contribution >= 0.6 is 11.6 Å². The number of aromatic amines is 1. The van der Waals surface area contributed by atoms with E-state index in [-0.39, 0.29) is 5.92 Å². The Morgan fingerprint density at radius 3 is 2.74 bits per heavy atom. The summed E-state index contributed by atoms with van der Waals surface area (Å²) in [6, 6.07) is 3.78. The molecule has 0 bridgehead atoms. The monoisotopic (exact) mass is 279 g/mol. The van der Waals surface area contributed by atoms with Crippen LogP contribution in [0.3, 0.4) is 0 Å². The molecule has 100 valence electrons. The van der Waals surface area contributed by atoms with Crippen molar-refractivity contribution in [3.63, 3.8) is 0 Å². The van der Waals surface area contributed by atoms with Crippen molar-refractivity contribution in [1.29, 1.82) is 0 Å². The molecule has 1 N–H and O–H groups in total. The van der Waals surface area contributed by atoms with Crippen LogP contribution in [0.15, 0.2) is 18.3 Å². The molecular weight excluding hydrogens is 266 g/mol. The lowest BCUT2D eigenvalue weighted by Gasteiger charge is -2.21. The van der Waals surface area contributed by atoms with Gasteiger partial charge in [-0.1, -0.05) is 18.5 Å². The Balaban J connectivity index is 1.87. The predicted octanol–water partition coefficient (Wildman–Crippen LogP) is 2.58. The predicted molar refractivity (Wildman–Crippen MR) is 70.9 cm³/mol. The number of fused-ring (bicyclic) bond motifs is 1. The highest BCUT2D eigenvalue weighted by Gasteiger charge is 2.19. The van der Waals surface area contributed by atoms with Gasteiger partial charge in [-0.15, -0.1) is 0 Å². The molecule has 0 fully saturated rings. The average Bonchev–Trinajstić information content (AvgIpc) is 2.90. The van der Waals surface area contributed by atoms with Gasteiger partial charge in [-0.2, -0.15) is 15.4 Å². The fourth-order valence-electron chi connectivity index (χ4n) is 2.20. The summed E-state index contributed by atoms with van der Waals surface area (Å²) in [6.07, 6.45) is 2.50. The molecule has 2 heterocycles. The lowest BCUT2D eigenvalue weighted by molar-refractivity contribution is 0.171. The number of ether oxygens (including phenoxy) is 2. The maximum Gasteiger partial charge on any atom is 0.162 e. The third kappa shape index (κ3) is 2.51. The molecule has 1 aliphatic heterocycles. The number of hydrogen-bond donors (Lipinski definition) is 1. The molecule has 1 aliphatic rings. The van der Waals surface area contributed by atoms with Crippen molar-refractivity contribution in [1.82, 2.24) is 15.4 Å². The van der Waals surface area contributed by atoms with Gasteiger partial charge in [0.1, 0.15) is 13.2 Å². The molecule has 5 nitrogen and oxygen atoms in total. The smallest absolute Gasteiger partial charge is 0.162 e. The molecule has 0 radical (unpaired) electrons. The van der Waals surface area contributed by atoms with Crippen LogP contribution in [-0.2, 0) is 6.42 Å². The average molecular weight is 280 g/mol. The van der Waals surface area contributed by atoms with Crippen molar-refractivity contribution in [3.8, 4) is 11.5 Å². The number of hydrogen-bond acceptors (Lipinski definition) is 4. The van der Waals surface area contributed by atoms with E-state index in [2.05, 4.69) is 22.3 Å². The third-order valence-electron chi connectivity index (χ3n) is 3.17. The second-order valence-electron chi connectivity index (χ2n) is 4.58. The lowest BCUT2D eigenvalue weighted by atomic mass is 9.96. The topological polar surface area (TPSA) is 60.0 Å². The zero-order valence-corrected chi connectivity index (χ0v) is 11.3. The second kappa shape index (κ2) is 5.09. The van der Waals surface area contributed by atoms with Gasteiger partial charge in [-0.05, 0) is 24.0 Å². The Morgan fingerprint density at radius 2 is 2.05 bits per heavy atom. The first-order valence-corrected chi connectivity index (χ1v) is 6.55. The summed E-state index contributed by atoms with van der Waals surface area (Å²) < 4.78 is 11.1. The molecule has 0 saturated heterocycles. The van der Waals surface area contributed by atoms with Crippen LogP contribution in [-0.4, -0.2) is 28.6 Å². The second-order valence-corrected chi connectivity index (χ2v) is 4.99. The number of rotatable bonds is 3. The number of benzene rings is 1. The lowest BCUT2D eigenvalue weighted by Crippen LogP contribution is -2.16. The molecule has 1 aromatic heterocycles. The quantitative estimate of drug-likeness (QED) is 0.938. The van der Waals surface area contributed by atoms with Crippen LogP contribution in [0.25, 0.3) is 0 Å². The Morgan fingerprint density at radius 1 is 1.32 bits per heavy atom. The van der Waals surface area contributed by atoms with Gasteiger partial charge in [-0.3, -0.25) is 0 Å². The van der Waals surface area contributed by atoms with Crippen molar-refractivity contribution in [3.05, 3.63) is 34.6 Å². The molecule has 2 aromatic rings. The minimum atomic E-state index is 0.230. The Bertz CT molecular complexity index is 572. The van der Waals surface area contributed by atoms with Gasteiger partial charge in [0.05, 0.1) is 11.9 Å². The van der Waals surface area contributed by atoms with Crippen molar-refractivity contribution in [2.24, 2.45) is 0 Å². The number of halogens is 1. The van der Waals surface area contributed by atoms with E-state index in [0.717, 1.165) is 23.4 Å². The van der Waals surface area contributed by atoms with Crippen LogP contribution in [0, 0.1) is 0 Å². The van der Waals surface area contributed by atoms with Gasteiger partial charge in [0.25, 0.3) is 0 Å². The zero-order valence-electron chi connectivity index (χ0n) is 10.5. The number of nitrogens with one attached hydrogen (secondary N) is 1. The van der Waals surface area contributed by atoms with Gasteiger partial charge in [0.2, 0.25) is 0 Å². The van der Waals surface area contributed by atoms with Gasteiger partial charge < -0.3 is 9.47 Å². The van der Waals surface area contributed by atoms with E-state index < -0.39 is 0 Å². The molecule has 0 saturated carbocycles. The van der Waals surface area contributed by atoms with Crippen LogP contribution in [0.2, 0.25) is 5.02 Å². The van der Waals surface area contributed by atoms with Gasteiger partial charge in [0.15, 0.2) is 11.5 Å². The van der Waals surface area contributed by atoms with Gasteiger partial charge >= 0.3 is 0 Å². The summed E-state index contributed by atoms with van der Waals surface area (Å²) in [5, 5.41) is 11.2. The first-order valence-electron chi connectivity index (χ1n) is 6.17. The summed E-state index contributed by atoms with van der Waals surface area (Å²) >= 11 is 6.32. The molecule has 1 atom stereocenters. The molecule has 19 heavy (non-hydrogen) atoms. The first kappa shape index (κ1) is 12.3. The minimum Gasteiger partial charge on any atom is -0.486 e. The van der Waals surface area contributed by atoms with E-state index in [4.69, 9.17) is 21.1 Å². The van der Waals surface area contributed by atoms with Gasteiger partial charge in [0, 0.05) is 11.1 Å².